The number of hydrogen-bond acceptors (Lipinski definition) is 6. The predicted molar refractivity (Wildman–Crippen MR) is 134 cm³/mol. The maximum Gasteiger partial charge on any atom is 0.330 e. The molecule has 2 heterocycles. The van der Waals surface area contributed by atoms with Gasteiger partial charge in [-0.25, -0.2) is 4.79 Å². The van der Waals surface area contributed by atoms with Crippen molar-refractivity contribution in [2.75, 3.05) is 40.5 Å². The zero-order valence-electron chi connectivity index (χ0n) is 20.3. The summed E-state index contributed by atoms with van der Waals surface area (Å²) in [7, 11) is 0. The van der Waals surface area contributed by atoms with Crippen molar-refractivity contribution in [3.63, 3.8) is 0 Å². The molecule has 0 aliphatic carbocycles. The highest BCUT2D eigenvalue weighted by Gasteiger charge is 2.26. The smallest absolute Gasteiger partial charge is 0.330 e. The zero-order chi connectivity index (χ0) is 25.0. The third kappa shape index (κ3) is 5.67. The molecule has 10 heteroatoms. The summed E-state index contributed by atoms with van der Waals surface area (Å²) in [6.45, 7) is 9.00. The van der Waals surface area contributed by atoms with Crippen molar-refractivity contribution in [1.82, 2.24) is 9.55 Å². The first-order valence-corrected chi connectivity index (χ1v) is 11.6. The molecule has 2 aromatic rings. The van der Waals surface area contributed by atoms with E-state index in [1.165, 1.54) is 4.57 Å². The molecule has 1 aromatic carbocycles. The molecule has 4 N–H and O–H groups in total. The molecule has 34 heavy (non-hydrogen) atoms. The lowest BCUT2D eigenvalue weighted by atomic mass is 10.2. The van der Waals surface area contributed by atoms with Gasteiger partial charge in [-0.3, -0.25) is 23.9 Å². The van der Waals surface area contributed by atoms with Gasteiger partial charge in [0.25, 0.3) is 5.56 Å². The second-order valence-electron chi connectivity index (χ2n) is 9.49. The summed E-state index contributed by atoms with van der Waals surface area (Å²) in [5.41, 5.74) is 6.37. The molecule has 1 aromatic heterocycles. The van der Waals surface area contributed by atoms with Crippen LogP contribution in [0.15, 0.2) is 33.9 Å². The van der Waals surface area contributed by atoms with Gasteiger partial charge in [0, 0.05) is 26.1 Å². The van der Waals surface area contributed by atoms with Crippen LogP contribution in [-0.4, -0.2) is 41.0 Å². The lowest BCUT2D eigenvalue weighted by Crippen LogP contribution is -2.43. The Labute approximate surface area is 198 Å². The summed E-state index contributed by atoms with van der Waals surface area (Å²) in [5.74, 6) is -0.0500. The van der Waals surface area contributed by atoms with E-state index < -0.39 is 11.2 Å². The van der Waals surface area contributed by atoms with Crippen LogP contribution in [0.1, 0.15) is 40.5 Å². The molecule has 0 unspecified atom stereocenters. The van der Waals surface area contributed by atoms with Gasteiger partial charge in [0.05, 0.1) is 17.9 Å². The third-order valence-electron chi connectivity index (χ3n) is 5.54. The van der Waals surface area contributed by atoms with Gasteiger partial charge < -0.3 is 20.9 Å². The molecule has 0 radical (unpaired) electrons. The van der Waals surface area contributed by atoms with Gasteiger partial charge in [0.2, 0.25) is 11.8 Å². The molecule has 1 aliphatic heterocycles. The van der Waals surface area contributed by atoms with E-state index in [0.29, 0.717) is 37.4 Å². The Bertz CT molecular complexity index is 1170. The number of para-hydroxylation sites is 2. The van der Waals surface area contributed by atoms with E-state index in [9.17, 15) is 19.2 Å². The maximum absolute atomic E-state index is 13.1. The number of nitrogen functional groups attached to an aromatic ring is 1. The number of aromatic nitrogens is 2. The summed E-state index contributed by atoms with van der Waals surface area (Å²) < 4.78 is 1.33. The Kier molecular flexibility index (Phi) is 7.80. The molecule has 0 spiro atoms. The number of aromatic amines is 1. The van der Waals surface area contributed by atoms with E-state index in [2.05, 4.69) is 10.3 Å². The predicted octanol–water partition coefficient (Wildman–Crippen LogP) is 2.00. The van der Waals surface area contributed by atoms with Gasteiger partial charge in [-0.1, -0.05) is 39.8 Å². The summed E-state index contributed by atoms with van der Waals surface area (Å²) >= 11 is 0. The Morgan fingerprint density at radius 1 is 1.15 bits per heavy atom. The molecule has 3 rings (SSSR count). The van der Waals surface area contributed by atoms with Crippen LogP contribution in [0.4, 0.5) is 22.9 Å². The van der Waals surface area contributed by atoms with Crippen molar-refractivity contribution in [1.29, 1.82) is 0 Å². The molecule has 0 bridgehead atoms. The average Bonchev–Trinajstić information content (AvgIpc) is 3.16. The molecular formula is C24H34N6O4. The fourth-order valence-electron chi connectivity index (χ4n) is 4.19. The largest absolute Gasteiger partial charge is 0.383 e. The standard InChI is InChI=1S/C24H34N6O4/c1-15(2)12-28(21-22(25)30(13-16(3)4)24(34)27-23(21)33)14-19(31)26-17-8-5-6-9-18(17)29-11-7-10-20(29)32/h5-6,8-9,15-16H,7,10-14,25H2,1-4H3,(H,26,31)(H,27,33,34). The van der Waals surface area contributed by atoms with Crippen LogP contribution in [0.2, 0.25) is 0 Å². The number of carbonyl (C=O) groups is 2. The molecular weight excluding hydrogens is 436 g/mol. The number of carbonyl (C=O) groups excluding carboxylic acids is 2. The lowest BCUT2D eigenvalue weighted by Gasteiger charge is -2.28. The maximum atomic E-state index is 13.1. The first-order chi connectivity index (χ1) is 16.1. The molecule has 0 saturated carbocycles. The summed E-state index contributed by atoms with van der Waals surface area (Å²) in [5, 5.41) is 2.88. The van der Waals surface area contributed by atoms with E-state index in [0.717, 1.165) is 6.42 Å². The Hall–Kier alpha value is -3.56. The van der Waals surface area contributed by atoms with Crippen LogP contribution in [0.25, 0.3) is 0 Å². The highest BCUT2D eigenvalue weighted by atomic mass is 16.2. The van der Waals surface area contributed by atoms with Gasteiger partial charge in [-0.15, -0.1) is 0 Å². The number of benzene rings is 1. The molecule has 0 atom stereocenters. The van der Waals surface area contributed by atoms with Gasteiger partial charge in [-0.2, -0.15) is 0 Å². The van der Waals surface area contributed by atoms with Crippen LogP contribution >= 0.6 is 0 Å². The summed E-state index contributed by atoms with van der Waals surface area (Å²) in [4.78, 5) is 56.1. The van der Waals surface area contributed by atoms with Gasteiger partial charge >= 0.3 is 5.69 Å². The summed E-state index contributed by atoms with van der Waals surface area (Å²) in [6.07, 6.45) is 1.26. The van der Waals surface area contributed by atoms with Crippen molar-refractivity contribution in [3.05, 3.63) is 45.1 Å². The molecule has 10 nitrogen and oxygen atoms in total. The van der Waals surface area contributed by atoms with Crippen LogP contribution in [-0.2, 0) is 16.1 Å². The minimum atomic E-state index is -0.626. The molecule has 1 fully saturated rings. The molecule has 2 amide bonds. The molecule has 184 valence electrons. The lowest BCUT2D eigenvalue weighted by molar-refractivity contribution is -0.117. The van der Waals surface area contributed by atoms with Crippen LogP contribution in [0.3, 0.4) is 0 Å². The fraction of sp³-hybridized carbons (Fsp3) is 0.500. The van der Waals surface area contributed by atoms with Crippen molar-refractivity contribution in [2.45, 2.75) is 47.1 Å². The number of nitrogens with two attached hydrogens (primary N) is 1. The minimum Gasteiger partial charge on any atom is -0.383 e. The number of H-pyrrole nitrogens is 1. The number of rotatable bonds is 9. The second kappa shape index (κ2) is 10.6. The van der Waals surface area contributed by atoms with Crippen molar-refractivity contribution < 1.29 is 9.59 Å². The number of nitrogens with zero attached hydrogens (tertiary/aromatic N) is 3. The quantitative estimate of drug-likeness (QED) is 0.513. The van der Waals surface area contributed by atoms with E-state index in [-0.39, 0.29) is 41.7 Å². The number of anilines is 4. The Morgan fingerprint density at radius 2 is 1.85 bits per heavy atom. The van der Waals surface area contributed by atoms with Gasteiger partial charge in [0.1, 0.15) is 11.5 Å². The average molecular weight is 471 g/mol. The second-order valence-corrected chi connectivity index (χ2v) is 9.49. The molecule has 1 saturated heterocycles. The van der Waals surface area contributed by atoms with Crippen molar-refractivity contribution >= 4 is 34.7 Å². The third-order valence-corrected chi connectivity index (χ3v) is 5.54. The van der Waals surface area contributed by atoms with Crippen LogP contribution < -0.4 is 32.1 Å². The normalized spacial score (nSPS) is 13.7. The Balaban J connectivity index is 1.91. The summed E-state index contributed by atoms with van der Waals surface area (Å²) in [6, 6.07) is 7.15. The Morgan fingerprint density at radius 3 is 2.47 bits per heavy atom. The monoisotopic (exact) mass is 470 g/mol. The zero-order valence-corrected chi connectivity index (χ0v) is 20.3. The van der Waals surface area contributed by atoms with E-state index in [1.54, 1.807) is 28.0 Å². The first-order valence-electron chi connectivity index (χ1n) is 11.6. The van der Waals surface area contributed by atoms with Crippen LogP contribution in [0, 0.1) is 11.8 Å². The minimum absolute atomic E-state index is 0.0230. The van der Waals surface area contributed by atoms with Gasteiger partial charge in [-0.05, 0) is 30.4 Å². The van der Waals surface area contributed by atoms with E-state index in [1.807, 2.05) is 33.8 Å². The molecule has 1 aliphatic rings. The number of nitrogens with one attached hydrogen (secondary N) is 2. The first kappa shape index (κ1) is 25.1. The van der Waals surface area contributed by atoms with Crippen LogP contribution in [0.5, 0.6) is 0 Å². The van der Waals surface area contributed by atoms with Gasteiger partial charge in [0.15, 0.2) is 0 Å². The number of amides is 2. The van der Waals surface area contributed by atoms with E-state index in [4.69, 9.17) is 5.73 Å². The van der Waals surface area contributed by atoms with Crippen molar-refractivity contribution in [2.24, 2.45) is 11.8 Å². The highest BCUT2D eigenvalue weighted by Crippen LogP contribution is 2.29. The van der Waals surface area contributed by atoms with Crippen molar-refractivity contribution in [3.8, 4) is 0 Å². The fourth-order valence-corrected chi connectivity index (χ4v) is 4.19. The topological polar surface area (TPSA) is 134 Å². The van der Waals surface area contributed by atoms with E-state index >= 15 is 0 Å². The highest BCUT2D eigenvalue weighted by molar-refractivity contribution is 6.03. The number of hydrogen-bond donors (Lipinski definition) is 3. The SMILES string of the molecule is CC(C)CN(CC(=O)Nc1ccccc1N1CCCC1=O)c1c(N)n(CC(C)C)c(=O)[nH]c1=O.